The second kappa shape index (κ2) is 3.97. The predicted octanol–water partition coefficient (Wildman–Crippen LogP) is 1.46. The maximum absolute atomic E-state index is 11.4. The maximum Gasteiger partial charge on any atom is 0.296 e. The lowest BCUT2D eigenvalue weighted by atomic mass is 10.2. The standard InChI is InChI=1S/C13H10N2O3S/c1-15-10-6-3-2-5-9(10)14-13-11(15)7-4-8-12(13)19(16,17)18/h2-8H,1H3/p+1. The van der Waals surface area contributed by atoms with E-state index in [1.165, 1.54) is 6.07 Å². The molecule has 6 heteroatoms. The molecule has 1 heterocycles. The lowest BCUT2D eigenvalue weighted by Crippen LogP contribution is -2.31. The molecular weight excluding hydrogens is 264 g/mol. The number of benzene rings is 2. The van der Waals surface area contributed by atoms with Gasteiger partial charge in [-0.25, -0.2) is 4.98 Å². The molecule has 3 rings (SSSR count). The molecule has 96 valence electrons. The van der Waals surface area contributed by atoms with Crippen molar-refractivity contribution in [2.24, 2.45) is 7.05 Å². The van der Waals surface area contributed by atoms with Gasteiger partial charge in [0, 0.05) is 12.1 Å². The summed E-state index contributed by atoms with van der Waals surface area (Å²) in [7, 11) is -2.46. The van der Waals surface area contributed by atoms with Crippen LogP contribution in [-0.2, 0) is 17.2 Å². The van der Waals surface area contributed by atoms with Crippen LogP contribution >= 0.6 is 0 Å². The second-order valence-corrected chi connectivity index (χ2v) is 5.65. The molecule has 5 nitrogen and oxygen atoms in total. The topological polar surface area (TPSA) is 71.1 Å². The van der Waals surface area contributed by atoms with Crippen molar-refractivity contribution in [3.8, 4) is 0 Å². The first-order chi connectivity index (χ1) is 8.98. The van der Waals surface area contributed by atoms with Gasteiger partial charge in [-0.2, -0.15) is 13.0 Å². The van der Waals surface area contributed by atoms with Gasteiger partial charge in [0.05, 0.1) is 0 Å². The van der Waals surface area contributed by atoms with Crippen LogP contribution in [0.25, 0.3) is 22.1 Å². The van der Waals surface area contributed by atoms with Crippen LogP contribution < -0.4 is 4.57 Å². The number of aryl methyl sites for hydroxylation is 1. The maximum atomic E-state index is 11.4. The minimum absolute atomic E-state index is 0.175. The number of hydrogen-bond donors (Lipinski definition) is 1. The normalized spacial score (nSPS) is 12.1. The highest BCUT2D eigenvalue weighted by Crippen LogP contribution is 2.21. The minimum Gasteiger partial charge on any atom is -0.282 e. The van der Waals surface area contributed by atoms with Crippen molar-refractivity contribution >= 4 is 32.2 Å². The molecule has 0 saturated heterocycles. The monoisotopic (exact) mass is 275 g/mol. The first kappa shape index (κ1) is 12.0. The summed E-state index contributed by atoms with van der Waals surface area (Å²) < 4.78 is 33.9. The van der Waals surface area contributed by atoms with E-state index in [2.05, 4.69) is 4.98 Å². The number of para-hydroxylation sites is 3. The summed E-state index contributed by atoms with van der Waals surface area (Å²) in [5.74, 6) is 0. The van der Waals surface area contributed by atoms with E-state index in [1.54, 1.807) is 18.2 Å². The minimum atomic E-state index is -4.29. The Bertz CT molecular complexity index is 904. The van der Waals surface area contributed by atoms with Crippen LogP contribution in [0.15, 0.2) is 47.4 Å². The van der Waals surface area contributed by atoms with Gasteiger partial charge < -0.3 is 0 Å². The van der Waals surface area contributed by atoms with E-state index < -0.39 is 10.1 Å². The Balaban J connectivity index is 2.59. The van der Waals surface area contributed by atoms with Gasteiger partial charge in [0.25, 0.3) is 10.1 Å². The molecular formula is C13H11N2O3S+. The Morgan fingerprint density at radius 2 is 1.74 bits per heavy atom. The van der Waals surface area contributed by atoms with Gasteiger partial charge in [-0.05, 0) is 12.1 Å². The number of fused-ring (bicyclic) bond motifs is 2. The summed E-state index contributed by atoms with van der Waals surface area (Å²) in [5, 5.41) is 0. The number of hydrogen-bond acceptors (Lipinski definition) is 3. The van der Waals surface area contributed by atoms with Gasteiger partial charge in [-0.15, -0.1) is 0 Å². The average molecular weight is 275 g/mol. The Hall–Kier alpha value is -2.05. The molecule has 0 spiro atoms. The van der Waals surface area contributed by atoms with Crippen LogP contribution in [0.4, 0.5) is 0 Å². The lowest BCUT2D eigenvalue weighted by molar-refractivity contribution is -0.618. The van der Waals surface area contributed by atoms with E-state index in [4.69, 9.17) is 0 Å². The van der Waals surface area contributed by atoms with Crippen molar-refractivity contribution in [2.45, 2.75) is 4.90 Å². The zero-order chi connectivity index (χ0) is 13.6. The molecule has 19 heavy (non-hydrogen) atoms. The molecule has 0 atom stereocenters. The van der Waals surface area contributed by atoms with E-state index in [0.717, 1.165) is 5.52 Å². The summed E-state index contributed by atoms with van der Waals surface area (Å²) in [6, 6.07) is 12.1. The highest BCUT2D eigenvalue weighted by molar-refractivity contribution is 7.86. The molecule has 2 aromatic carbocycles. The van der Waals surface area contributed by atoms with Gasteiger partial charge in [0.15, 0.2) is 5.52 Å². The first-order valence-electron chi connectivity index (χ1n) is 5.63. The van der Waals surface area contributed by atoms with Gasteiger partial charge in [-0.3, -0.25) is 4.55 Å². The fourth-order valence-corrected chi connectivity index (χ4v) is 2.84. The number of rotatable bonds is 1. The third-order valence-electron chi connectivity index (χ3n) is 3.09. The molecule has 1 aromatic heterocycles. The molecule has 1 N–H and O–H groups in total. The third-order valence-corrected chi connectivity index (χ3v) is 3.98. The van der Waals surface area contributed by atoms with Crippen molar-refractivity contribution in [2.75, 3.05) is 0 Å². The van der Waals surface area contributed by atoms with Crippen molar-refractivity contribution in [1.29, 1.82) is 0 Å². The Morgan fingerprint density at radius 1 is 1.05 bits per heavy atom. The molecule has 3 aromatic rings. The smallest absolute Gasteiger partial charge is 0.282 e. The van der Waals surface area contributed by atoms with E-state index >= 15 is 0 Å². The Morgan fingerprint density at radius 3 is 2.47 bits per heavy atom. The van der Waals surface area contributed by atoms with E-state index in [-0.39, 0.29) is 10.4 Å². The zero-order valence-electron chi connectivity index (χ0n) is 10.1. The number of nitrogens with zero attached hydrogens (tertiary/aromatic N) is 2. The Labute approximate surface area is 109 Å². The van der Waals surface area contributed by atoms with Crippen molar-refractivity contribution in [1.82, 2.24) is 4.98 Å². The van der Waals surface area contributed by atoms with E-state index in [9.17, 15) is 13.0 Å². The van der Waals surface area contributed by atoms with Gasteiger partial charge in [0.1, 0.15) is 17.5 Å². The molecule has 0 aliphatic heterocycles. The van der Waals surface area contributed by atoms with Crippen LogP contribution in [-0.4, -0.2) is 18.0 Å². The van der Waals surface area contributed by atoms with E-state index in [0.29, 0.717) is 11.0 Å². The van der Waals surface area contributed by atoms with Gasteiger partial charge in [-0.1, -0.05) is 18.2 Å². The third kappa shape index (κ3) is 1.85. The van der Waals surface area contributed by atoms with Crippen molar-refractivity contribution in [3.63, 3.8) is 0 Å². The van der Waals surface area contributed by atoms with Crippen LogP contribution in [0, 0.1) is 0 Å². The van der Waals surface area contributed by atoms with Crippen LogP contribution in [0.2, 0.25) is 0 Å². The van der Waals surface area contributed by atoms with Crippen molar-refractivity contribution in [3.05, 3.63) is 42.5 Å². The van der Waals surface area contributed by atoms with Gasteiger partial charge in [0.2, 0.25) is 11.0 Å². The molecule has 0 fully saturated rings. The quantitative estimate of drug-likeness (QED) is 0.414. The molecule has 0 aliphatic carbocycles. The predicted molar refractivity (Wildman–Crippen MR) is 70.2 cm³/mol. The van der Waals surface area contributed by atoms with Crippen LogP contribution in [0.3, 0.4) is 0 Å². The Kier molecular flexibility index (Phi) is 2.51. The fourth-order valence-electron chi connectivity index (χ4n) is 2.19. The SMILES string of the molecule is C[n+]1c2ccccc2nc2c(S(=O)(=O)O)cccc21. The summed E-state index contributed by atoms with van der Waals surface area (Å²) in [5.41, 5.74) is 2.48. The highest BCUT2D eigenvalue weighted by atomic mass is 32.2. The first-order valence-corrected chi connectivity index (χ1v) is 7.07. The summed E-state index contributed by atoms with van der Waals surface area (Å²) >= 11 is 0. The fraction of sp³-hybridized carbons (Fsp3) is 0.0769. The van der Waals surface area contributed by atoms with Crippen molar-refractivity contribution < 1.29 is 17.5 Å². The largest absolute Gasteiger partial charge is 0.296 e. The van der Waals surface area contributed by atoms with Crippen LogP contribution in [0.1, 0.15) is 0 Å². The van der Waals surface area contributed by atoms with E-state index in [1.807, 2.05) is 29.8 Å². The van der Waals surface area contributed by atoms with Gasteiger partial charge >= 0.3 is 0 Å². The molecule has 0 saturated carbocycles. The summed E-state index contributed by atoms with van der Waals surface area (Å²) in [6.07, 6.45) is 0. The summed E-state index contributed by atoms with van der Waals surface area (Å²) in [4.78, 5) is 4.17. The highest BCUT2D eigenvalue weighted by Gasteiger charge is 2.21. The molecule has 0 radical (unpaired) electrons. The molecule has 0 amide bonds. The number of aromatic nitrogens is 2. The summed E-state index contributed by atoms with van der Waals surface area (Å²) in [6.45, 7) is 0. The molecule has 0 unspecified atom stereocenters. The van der Waals surface area contributed by atoms with Crippen LogP contribution in [0.5, 0.6) is 0 Å². The lowest BCUT2D eigenvalue weighted by Gasteiger charge is -2.04. The molecule has 0 aliphatic rings. The average Bonchev–Trinajstić information content (AvgIpc) is 2.37. The molecule has 0 bridgehead atoms. The second-order valence-electron chi connectivity index (χ2n) is 4.26. The zero-order valence-corrected chi connectivity index (χ0v) is 10.9.